The van der Waals surface area contributed by atoms with Crippen LogP contribution >= 0.6 is 22.9 Å². The lowest BCUT2D eigenvalue weighted by molar-refractivity contribution is 0.102. The van der Waals surface area contributed by atoms with Crippen LogP contribution in [0, 0.1) is 6.92 Å². The molecule has 0 aliphatic rings. The summed E-state index contributed by atoms with van der Waals surface area (Å²) in [5.41, 5.74) is 1.86. The summed E-state index contributed by atoms with van der Waals surface area (Å²) in [6.45, 7) is 1.66. The van der Waals surface area contributed by atoms with Gasteiger partial charge in [0.15, 0.2) is 0 Å². The fourth-order valence-electron chi connectivity index (χ4n) is 2.97. The Hall–Kier alpha value is -3.22. The van der Waals surface area contributed by atoms with E-state index in [0.29, 0.717) is 38.2 Å². The molecule has 0 saturated carbocycles. The number of carbonyl (C=O) groups is 1. The lowest BCUT2D eigenvalue weighted by atomic mass is 10.1. The van der Waals surface area contributed by atoms with Crippen molar-refractivity contribution in [2.24, 2.45) is 0 Å². The highest BCUT2D eigenvalue weighted by atomic mass is 35.5. The predicted octanol–water partition coefficient (Wildman–Crippen LogP) is 5.18. The van der Waals surface area contributed by atoms with Crippen LogP contribution < -0.4 is 10.7 Å². The van der Waals surface area contributed by atoms with Gasteiger partial charge in [0.1, 0.15) is 11.5 Å². The highest BCUT2D eigenvalue weighted by Gasteiger charge is 2.21. The monoisotopic (exact) mass is 421 g/mol. The molecule has 0 radical (unpaired) electrons. The molecule has 5 nitrogen and oxygen atoms in total. The van der Waals surface area contributed by atoms with Crippen molar-refractivity contribution in [3.05, 3.63) is 97.9 Å². The number of aryl methyl sites for hydroxylation is 1. The van der Waals surface area contributed by atoms with E-state index in [0.717, 1.165) is 0 Å². The minimum Gasteiger partial charge on any atom is -0.305 e. The van der Waals surface area contributed by atoms with Gasteiger partial charge in [0.25, 0.3) is 5.91 Å². The SMILES string of the molecule is Cc1nn(-c2ccc(Cl)cc2)c(NC(=O)c2cccs2)c(-c2ccccc2)c1=O. The van der Waals surface area contributed by atoms with Crippen LogP contribution in [-0.4, -0.2) is 15.7 Å². The molecule has 1 N–H and O–H groups in total. The number of anilines is 1. The molecule has 0 bridgehead atoms. The zero-order valence-corrected chi connectivity index (χ0v) is 17.0. The average Bonchev–Trinajstić information content (AvgIpc) is 3.27. The van der Waals surface area contributed by atoms with Gasteiger partial charge >= 0.3 is 0 Å². The number of benzene rings is 2. The fourth-order valence-corrected chi connectivity index (χ4v) is 3.72. The largest absolute Gasteiger partial charge is 0.305 e. The van der Waals surface area contributed by atoms with Crippen molar-refractivity contribution in [2.75, 3.05) is 5.32 Å². The van der Waals surface area contributed by atoms with Crippen LogP contribution in [0.5, 0.6) is 0 Å². The van der Waals surface area contributed by atoms with E-state index in [1.54, 1.807) is 48.0 Å². The maximum absolute atomic E-state index is 13.1. The normalized spacial score (nSPS) is 10.7. The Kier molecular flexibility index (Phi) is 5.29. The van der Waals surface area contributed by atoms with E-state index in [2.05, 4.69) is 10.4 Å². The lowest BCUT2D eigenvalue weighted by Gasteiger charge is -2.18. The number of hydrogen-bond donors (Lipinski definition) is 1. The Morgan fingerprint density at radius 1 is 1.03 bits per heavy atom. The highest BCUT2D eigenvalue weighted by molar-refractivity contribution is 7.12. The highest BCUT2D eigenvalue weighted by Crippen LogP contribution is 2.28. The van der Waals surface area contributed by atoms with Gasteiger partial charge in [-0.3, -0.25) is 9.59 Å². The molecule has 1 amide bonds. The summed E-state index contributed by atoms with van der Waals surface area (Å²) in [6.07, 6.45) is 0. The minimum absolute atomic E-state index is 0.233. The molecule has 4 aromatic rings. The molecule has 0 spiro atoms. The third-order valence-electron chi connectivity index (χ3n) is 4.36. The van der Waals surface area contributed by atoms with Crippen LogP contribution in [-0.2, 0) is 0 Å². The molecular weight excluding hydrogens is 406 g/mol. The Morgan fingerprint density at radius 2 is 1.76 bits per heavy atom. The molecule has 0 fully saturated rings. The first kappa shape index (κ1) is 19.1. The van der Waals surface area contributed by atoms with E-state index < -0.39 is 0 Å². The van der Waals surface area contributed by atoms with E-state index in [9.17, 15) is 9.59 Å². The maximum Gasteiger partial charge on any atom is 0.266 e. The Morgan fingerprint density at radius 3 is 2.41 bits per heavy atom. The molecular formula is C22H16ClN3O2S. The van der Waals surface area contributed by atoms with Crippen LogP contribution in [0.15, 0.2) is 76.9 Å². The molecule has 2 aromatic heterocycles. The summed E-state index contributed by atoms with van der Waals surface area (Å²) in [6, 6.07) is 19.8. The van der Waals surface area contributed by atoms with E-state index in [1.165, 1.54) is 11.3 Å². The van der Waals surface area contributed by atoms with Gasteiger partial charge in [-0.15, -0.1) is 11.3 Å². The Bertz CT molecular complexity index is 1220. The van der Waals surface area contributed by atoms with Crippen molar-refractivity contribution in [3.8, 4) is 16.8 Å². The van der Waals surface area contributed by atoms with Crippen LogP contribution in [0.4, 0.5) is 5.82 Å². The molecule has 0 atom stereocenters. The number of aromatic nitrogens is 2. The molecule has 0 aliphatic heterocycles. The van der Waals surface area contributed by atoms with Crippen molar-refractivity contribution in [1.29, 1.82) is 0 Å². The summed E-state index contributed by atoms with van der Waals surface area (Å²) in [5, 5.41) is 9.75. The van der Waals surface area contributed by atoms with Crippen LogP contribution in [0.2, 0.25) is 5.02 Å². The van der Waals surface area contributed by atoms with Crippen LogP contribution in [0.1, 0.15) is 15.4 Å². The second-order valence-electron chi connectivity index (χ2n) is 6.32. The minimum atomic E-state index is -0.301. The van der Waals surface area contributed by atoms with Crippen molar-refractivity contribution < 1.29 is 4.79 Å². The number of hydrogen-bond acceptors (Lipinski definition) is 4. The number of halogens is 1. The zero-order chi connectivity index (χ0) is 20.4. The molecule has 2 aromatic carbocycles. The molecule has 4 rings (SSSR count). The standard InChI is InChI=1S/C22H16ClN3O2S/c1-14-20(27)19(15-6-3-2-4-7-15)21(24-22(28)18-8-5-13-29-18)26(25-14)17-11-9-16(23)10-12-17/h2-13H,1H3,(H,24,28). The third-order valence-corrected chi connectivity index (χ3v) is 5.49. The van der Waals surface area contributed by atoms with E-state index in [1.807, 2.05) is 35.7 Å². The summed E-state index contributed by atoms with van der Waals surface area (Å²) in [4.78, 5) is 26.4. The first-order valence-electron chi connectivity index (χ1n) is 8.85. The van der Waals surface area contributed by atoms with Gasteiger partial charge in [-0.2, -0.15) is 5.10 Å². The molecule has 7 heteroatoms. The van der Waals surface area contributed by atoms with Crippen molar-refractivity contribution in [3.63, 3.8) is 0 Å². The lowest BCUT2D eigenvalue weighted by Crippen LogP contribution is -2.24. The first-order chi connectivity index (χ1) is 14.0. The number of carbonyl (C=O) groups excluding carboxylic acids is 1. The van der Waals surface area contributed by atoms with E-state index in [-0.39, 0.29) is 11.3 Å². The molecule has 0 aliphatic carbocycles. The zero-order valence-electron chi connectivity index (χ0n) is 15.4. The summed E-state index contributed by atoms with van der Waals surface area (Å²) in [5.74, 6) is 0.0115. The quantitative estimate of drug-likeness (QED) is 0.494. The number of nitrogens with zero attached hydrogens (tertiary/aromatic N) is 2. The average molecular weight is 422 g/mol. The summed E-state index contributed by atoms with van der Waals surface area (Å²) in [7, 11) is 0. The number of nitrogens with one attached hydrogen (secondary N) is 1. The molecule has 2 heterocycles. The van der Waals surface area contributed by atoms with Crippen molar-refractivity contribution in [1.82, 2.24) is 9.78 Å². The van der Waals surface area contributed by atoms with Gasteiger partial charge in [0, 0.05) is 5.02 Å². The first-order valence-corrected chi connectivity index (χ1v) is 10.1. The third kappa shape index (κ3) is 3.85. The van der Waals surface area contributed by atoms with Crippen LogP contribution in [0.3, 0.4) is 0 Å². The van der Waals surface area contributed by atoms with Gasteiger partial charge in [-0.05, 0) is 48.2 Å². The Balaban J connectivity index is 1.97. The van der Waals surface area contributed by atoms with Gasteiger partial charge in [-0.25, -0.2) is 4.68 Å². The molecule has 0 saturated heterocycles. The smallest absolute Gasteiger partial charge is 0.266 e. The second kappa shape index (κ2) is 8.03. The maximum atomic E-state index is 13.1. The van der Waals surface area contributed by atoms with Gasteiger partial charge in [-0.1, -0.05) is 48.0 Å². The molecule has 29 heavy (non-hydrogen) atoms. The van der Waals surface area contributed by atoms with Crippen LogP contribution in [0.25, 0.3) is 16.8 Å². The summed E-state index contributed by atoms with van der Waals surface area (Å²) >= 11 is 7.35. The van der Waals surface area contributed by atoms with Gasteiger partial charge in [0.2, 0.25) is 5.43 Å². The summed E-state index contributed by atoms with van der Waals surface area (Å²) < 4.78 is 1.57. The number of rotatable bonds is 4. The van der Waals surface area contributed by atoms with E-state index >= 15 is 0 Å². The topological polar surface area (TPSA) is 64.0 Å². The Labute approximate surface area is 176 Å². The molecule has 0 unspecified atom stereocenters. The number of amides is 1. The number of thiophene rings is 1. The van der Waals surface area contributed by atoms with Crippen molar-refractivity contribution >= 4 is 34.7 Å². The van der Waals surface area contributed by atoms with Crippen molar-refractivity contribution in [2.45, 2.75) is 6.92 Å². The van der Waals surface area contributed by atoms with Gasteiger partial charge in [0.05, 0.1) is 16.1 Å². The second-order valence-corrected chi connectivity index (χ2v) is 7.71. The predicted molar refractivity (Wildman–Crippen MR) is 117 cm³/mol. The molecule has 144 valence electrons. The fraction of sp³-hybridized carbons (Fsp3) is 0.0455. The van der Waals surface area contributed by atoms with E-state index in [4.69, 9.17) is 11.6 Å². The van der Waals surface area contributed by atoms with Gasteiger partial charge < -0.3 is 5.32 Å².